The van der Waals surface area contributed by atoms with Crippen LogP contribution < -0.4 is 0 Å². The molecule has 0 saturated carbocycles. The predicted molar refractivity (Wildman–Crippen MR) is 68.5 cm³/mol. The summed E-state index contributed by atoms with van der Waals surface area (Å²) >= 11 is 0. The Bertz CT molecular complexity index is 319. The van der Waals surface area contributed by atoms with Gasteiger partial charge in [0, 0.05) is 13.0 Å². The molecule has 1 aliphatic heterocycles. The molecule has 1 rings (SSSR count). The van der Waals surface area contributed by atoms with E-state index < -0.39 is 5.60 Å². The van der Waals surface area contributed by atoms with Crippen LogP contribution in [-0.2, 0) is 9.53 Å². The summed E-state index contributed by atoms with van der Waals surface area (Å²) in [7, 11) is 0. The zero-order valence-corrected chi connectivity index (χ0v) is 11.4. The molecule has 1 aliphatic rings. The van der Waals surface area contributed by atoms with Gasteiger partial charge in [-0.2, -0.15) is 0 Å². The summed E-state index contributed by atoms with van der Waals surface area (Å²) in [6, 6.07) is -0.0621. The van der Waals surface area contributed by atoms with Crippen molar-refractivity contribution in [1.29, 1.82) is 0 Å². The first kappa shape index (κ1) is 14.1. The molecule has 0 N–H and O–H groups in total. The maximum absolute atomic E-state index is 12.0. The highest BCUT2D eigenvalue weighted by atomic mass is 16.6. The van der Waals surface area contributed by atoms with Gasteiger partial charge in [-0.15, -0.1) is 11.8 Å². The lowest BCUT2D eigenvalue weighted by atomic mass is 10.1. The minimum absolute atomic E-state index is 0.0621. The van der Waals surface area contributed by atoms with Crippen molar-refractivity contribution in [3.05, 3.63) is 0 Å². The molecule has 1 heterocycles. The second-order valence-electron chi connectivity index (χ2n) is 5.40. The van der Waals surface area contributed by atoms with Crippen molar-refractivity contribution >= 4 is 5.97 Å². The maximum atomic E-state index is 12.0. The Kier molecular flexibility index (Phi) is 5.02. The third-order valence-corrected chi connectivity index (χ3v) is 2.74. The molecule has 17 heavy (non-hydrogen) atoms. The van der Waals surface area contributed by atoms with Gasteiger partial charge >= 0.3 is 5.97 Å². The first-order valence-electron chi connectivity index (χ1n) is 6.30. The summed E-state index contributed by atoms with van der Waals surface area (Å²) in [5.74, 6) is 5.84. The quantitative estimate of drug-likeness (QED) is 0.557. The lowest BCUT2D eigenvalue weighted by Gasteiger charge is -2.26. The van der Waals surface area contributed by atoms with Crippen LogP contribution in [0.4, 0.5) is 0 Å². The molecule has 0 radical (unpaired) electrons. The van der Waals surface area contributed by atoms with Crippen molar-refractivity contribution in [2.75, 3.05) is 13.1 Å². The SMILES string of the molecule is CC#CCCN1CCC[C@@H]1C(=O)OC(C)(C)C. The van der Waals surface area contributed by atoms with E-state index in [0.717, 1.165) is 32.4 Å². The first-order valence-corrected chi connectivity index (χ1v) is 6.30. The number of ether oxygens (including phenoxy) is 1. The lowest BCUT2D eigenvalue weighted by Crippen LogP contribution is -2.40. The Balaban J connectivity index is 2.49. The smallest absolute Gasteiger partial charge is 0.323 e. The first-order chi connectivity index (χ1) is 7.94. The Morgan fingerprint density at radius 1 is 1.47 bits per heavy atom. The third kappa shape index (κ3) is 4.79. The summed E-state index contributed by atoms with van der Waals surface area (Å²) in [5.41, 5.74) is -0.394. The molecule has 1 atom stereocenters. The second-order valence-corrected chi connectivity index (χ2v) is 5.40. The fourth-order valence-electron chi connectivity index (χ4n) is 2.06. The molecule has 0 amide bonds. The number of esters is 1. The van der Waals surface area contributed by atoms with Crippen LogP contribution in [0.5, 0.6) is 0 Å². The van der Waals surface area contributed by atoms with Crippen LogP contribution in [0, 0.1) is 11.8 Å². The van der Waals surface area contributed by atoms with E-state index in [9.17, 15) is 4.79 Å². The highest BCUT2D eigenvalue weighted by molar-refractivity contribution is 5.76. The normalized spacial score (nSPS) is 20.8. The molecular formula is C14H23NO2. The van der Waals surface area contributed by atoms with Crippen molar-refractivity contribution in [3.63, 3.8) is 0 Å². The lowest BCUT2D eigenvalue weighted by molar-refractivity contribution is -0.160. The minimum atomic E-state index is -0.394. The molecule has 0 aromatic rings. The van der Waals surface area contributed by atoms with Gasteiger partial charge < -0.3 is 4.74 Å². The molecule has 96 valence electrons. The van der Waals surface area contributed by atoms with Crippen LogP contribution in [0.1, 0.15) is 47.0 Å². The highest BCUT2D eigenvalue weighted by Gasteiger charge is 2.33. The van der Waals surface area contributed by atoms with E-state index in [0.29, 0.717) is 0 Å². The van der Waals surface area contributed by atoms with E-state index in [2.05, 4.69) is 16.7 Å². The van der Waals surface area contributed by atoms with Gasteiger partial charge in [0.2, 0.25) is 0 Å². The standard InChI is InChI=1S/C14H23NO2/c1-5-6-7-10-15-11-8-9-12(15)13(16)17-14(2,3)4/h12H,7-11H2,1-4H3/t12-/m1/s1. The molecule has 0 spiro atoms. The van der Waals surface area contributed by atoms with E-state index in [1.165, 1.54) is 0 Å². The monoisotopic (exact) mass is 237 g/mol. The molecule has 1 fully saturated rings. The second kappa shape index (κ2) is 6.07. The van der Waals surface area contributed by atoms with E-state index >= 15 is 0 Å². The Morgan fingerprint density at radius 3 is 2.76 bits per heavy atom. The van der Waals surface area contributed by atoms with Crippen molar-refractivity contribution in [2.45, 2.75) is 58.6 Å². The van der Waals surface area contributed by atoms with Gasteiger partial charge in [0.1, 0.15) is 11.6 Å². The number of hydrogen-bond donors (Lipinski definition) is 0. The van der Waals surface area contributed by atoms with Crippen molar-refractivity contribution < 1.29 is 9.53 Å². The molecule has 3 heteroatoms. The molecule has 0 aliphatic carbocycles. The summed E-state index contributed by atoms with van der Waals surface area (Å²) in [6.07, 6.45) is 2.81. The number of likely N-dealkylation sites (tertiary alicyclic amines) is 1. The summed E-state index contributed by atoms with van der Waals surface area (Å²) in [5, 5.41) is 0. The van der Waals surface area contributed by atoms with Crippen molar-refractivity contribution in [2.24, 2.45) is 0 Å². The van der Waals surface area contributed by atoms with Crippen LogP contribution >= 0.6 is 0 Å². The Hall–Kier alpha value is -1.01. The van der Waals surface area contributed by atoms with E-state index in [1.807, 2.05) is 27.7 Å². The van der Waals surface area contributed by atoms with Gasteiger partial charge in [0.25, 0.3) is 0 Å². The Labute approximate surface area is 105 Å². The number of rotatable bonds is 3. The van der Waals surface area contributed by atoms with Gasteiger partial charge in [-0.1, -0.05) is 0 Å². The minimum Gasteiger partial charge on any atom is -0.459 e. The van der Waals surface area contributed by atoms with Crippen LogP contribution in [0.15, 0.2) is 0 Å². The third-order valence-electron chi connectivity index (χ3n) is 2.74. The van der Waals surface area contributed by atoms with E-state index in [4.69, 9.17) is 4.74 Å². The molecule has 3 nitrogen and oxygen atoms in total. The van der Waals surface area contributed by atoms with Gasteiger partial charge in [-0.3, -0.25) is 9.69 Å². The predicted octanol–water partition coefficient (Wildman–Crippen LogP) is 2.21. The molecular weight excluding hydrogens is 214 g/mol. The summed E-state index contributed by atoms with van der Waals surface area (Å²) in [6.45, 7) is 9.42. The van der Waals surface area contributed by atoms with E-state index in [-0.39, 0.29) is 12.0 Å². The number of carbonyl (C=O) groups is 1. The largest absolute Gasteiger partial charge is 0.459 e. The molecule has 0 bridgehead atoms. The summed E-state index contributed by atoms with van der Waals surface area (Å²) in [4.78, 5) is 14.2. The zero-order valence-electron chi connectivity index (χ0n) is 11.4. The van der Waals surface area contributed by atoms with Gasteiger partial charge in [-0.05, 0) is 47.1 Å². The molecule has 0 aromatic carbocycles. The molecule has 1 saturated heterocycles. The fraction of sp³-hybridized carbons (Fsp3) is 0.786. The number of nitrogens with zero attached hydrogens (tertiary/aromatic N) is 1. The van der Waals surface area contributed by atoms with Crippen LogP contribution in [0.25, 0.3) is 0 Å². The van der Waals surface area contributed by atoms with Gasteiger partial charge in [-0.25, -0.2) is 0 Å². The van der Waals surface area contributed by atoms with Crippen LogP contribution in [0.2, 0.25) is 0 Å². The average Bonchev–Trinajstić information content (AvgIpc) is 2.64. The van der Waals surface area contributed by atoms with E-state index in [1.54, 1.807) is 0 Å². The van der Waals surface area contributed by atoms with Crippen LogP contribution in [0.3, 0.4) is 0 Å². The van der Waals surface area contributed by atoms with Gasteiger partial charge in [0.15, 0.2) is 0 Å². The Morgan fingerprint density at radius 2 is 2.18 bits per heavy atom. The van der Waals surface area contributed by atoms with Gasteiger partial charge in [0.05, 0.1) is 0 Å². The topological polar surface area (TPSA) is 29.5 Å². The molecule has 0 aromatic heterocycles. The average molecular weight is 237 g/mol. The van der Waals surface area contributed by atoms with Crippen LogP contribution in [-0.4, -0.2) is 35.6 Å². The maximum Gasteiger partial charge on any atom is 0.323 e. The van der Waals surface area contributed by atoms with Crippen molar-refractivity contribution in [1.82, 2.24) is 4.90 Å². The number of carbonyl (C=O) groups excluding carboxylic acids is 1. The summed E-state index contributed by atoms with van der Waals surface area (Å²) < 4.78 is 5.44. The fourth-order valence-corrected chi connectivity index (χ4v) is 2.06. The zero-order chi connectivity index (χ0) is 12.9. The highest BCUT2D eigenvalue weighted by Crippen LogP contribution is 2.21. The molecule has 0 unspecified atom stereocenters. The van der Waals surface area contributed by atoms with Crippen molar-refractivity contribution in [3.8, 4) is 11.8 Å². The number of hydrogen-bond acceptors (Lipinski definition) is 3.